The lowest BCUT2D eigenvalue weighted by molar-refractivity contribution is 0.0130. The molecule has 1 fully saturated rings. The molecule has 1 heterocycles. The highest BCUT2D eigenvalue weighted by Crippen LogP contribution is 2.30. The van der Waals surface area contributed by atoms with Crippen LogP contribution < -0.4 is 4.90 Å². The second-order valence-electron chi connectivity index (χ2n) is 5.84. The van der Waals surface area contributed by atoms with Gasteiger partial charge in [-0.25, -0.2) is 0 Å². The van der Waals surface area contributed by atoms with Gasteiger partial charge in [-0.15, -0.1) is 0 Å². The quantitative estimate of drug-likeness (QED) is 0.829. The van der Waals surface area contributed by atoms with Crippen molar-refractivity contribution in [3.8, 4) is 0 Å². The fourth-order valence-electron chi connectivity index (χ4n) is 3.03. The minimum atomic E-state index is -0.138. The van der Waals surface area contributed by atoms with Crippen LogP contribution in [0.25, 0.3) is 6.08 Å². The molecule has 0 spiro atoms. The van der Waals surface area contributed by atoms with Crippen LogP contribution in [-0.2, 0) is 4.74 Å². The largest absolute Gasteiger partial charge is 0.374 e. The summed E-state index contributed by atoms with van der Waals surface area (Å²) in [5, 5.41) is 0. The molecular weight excluding hydrogens is 270 g/mol. The summed E-state index contributed by atoms with van der Waals surface area (Å²) in [7, 11) is 1.83. The number of para-hydroxylation sites is 1. The minimum Gasteiger partial charge on any atom is -0.374 e. The molecule has 3 rings (SSSR count). The van der Waals surface area contributed by atoms with Crippen LogP contribution >= 0.6 is 0 Å². The van der Waals surface area contributed by atoms with Gasteiger partial charge >= 0.3 is 0 Å². The van der Waals surface area contributed by atoms with Gasteiger partial charge in [0.1, 0.15) is 0 Å². The third-order valence-electron chi connectivity index (χ3n) is 4.52. The normalized spacial score (nSPS) is 17.8. The monoisotopic (exact) mass is 293 g/mol. The van der Waals surface area contributed by atoms with Gasteiger partial charge in [0.15, 0.2) is 0 Å². The van der Waals surface area contributed by atoms with Gasteiger partial charge in [-0.05, 0) is 30.5 Å². The number of methoxy groups -OCH3 is 1. The van der Waals surface area contributed by atoms with E-state index in [9.17, 15) is 0 Å². The van der Waals surface area contributed by atoms with Crippen molar-refractivity contribution in [2.75, 3.05) is 25.1 Å². The van der Waals surface area contributed by atoms with E-state index >= 15 is 0 Å². The van der Waals surface area contributed by atoms with E-state index in [0.29, 0.717) is 0 Å². The molecule has 2 aromatic rings. The highest BCUT2D eigenvalue weighted by molar-refractivity contribution is 5.51. The fourth-order valence-corrected chi connectivity index (χ4v) is 3.03. The molecule has 0 saturated carbocycles. The molecule has 114 valence electrons. The highest BCUT2D eigenvalue weighted by Gasteiger charge is 2.32. The summed E-state index contributed by atoms with van der Waals surface area (Å²) in [5.74, 6) is 0. The molecule has 0 bridgehead atoms. The molecule has 2 aromatic carbocycles. The van der Waals surface area contributed by atoms with Gasteiger partial charge in [0, 0.05) is 25.9 Å². The molecule has 0 aliphatic carbocycles. The van der Waals surface area contributed by atoms with Gasteiger partial charge < -0.3 is 9.64 Å². The number of ether oxygens (including phenoxy) is 1. The summed E-state index contributed by atoms with van der Waals surface area (Å²) in [6, 6.07) is 21.0. The molecule has 1 saturated heterocycles. The number of piperidine rings is 1. The Bertz CT molecular complexity index is 598. The van der Waals surface area contributed by atoms with Gasteiger partial charge in [-0.1, -0.05) is 60.7 Å². The number of hydrogen-bond acceptors (Lipinski definition) is 2. The van der Waals surface area contributed by atoms with Crippen LogP contribution in [0.3, 0.4) is 0 Å². The van der Waals surface area contributed by atoms with E-state index in [1.165, 1.54) is 11.3 Å². The summed E-state index contributed by atoms with van der Waals surface area (Å²) >= 11 is 0. The van der Waals surface area contributed by atoms with Crippen molar-refractivity contribution in [3.63, 3.8) is 0 Å². The second kappa shape index (κ2) is 6.80. The van der Waals surface area contributed by atoms with Gasteiger partial charge in [0.25, 0.3) is 0 Å². The first-order valence-corrected chi connectivity index (χ1v) is 7.91. The first kappa shape index (κ1) is 14.9. The molecule has 2 heteroatoms. The lowest BCUT2D eigenvalue weighted by Crippen LogP contribution is -2.44. The van der Waals surface area contributed by atoms with Crippen molar-refractivity contribution < 1.29 is 4.74 Å². The lowest BCUT2D eigenvalue weighted by atomic mass is 9.89. The maximum atomic E-state index is 5.87. The van der Waals surface area contributed by atoms with Crippen molar-refractivity contribution in [2.24, 2.45) is 0 Å². The van der Waals surface area contributed by atoms with Crippen LogP contribution in [-0.4, -0.2) is 25.8 Å². The highest BCUT2D eigenvalue weighted by atomic mass is 16.5. The summed E-state index contributed by atoms with van der Waals surface area (Å²) in [4.78, 5) is 2.44. The summed E-state index contributed by atoms with van der Waals surface area (Å²) < 4.78 is 5.87. The Balaban J connectivity index is 1.68. The van der Waals surface area contributed by atoms with E-state index in [2.05, 4.69) is 71.6 Å². The SMILES string of the molecule is COC1(/C=C\c2ccccc2)CCN(c2ccccc2)CC1. The number of nitrogens with zero attached hydrogens (tertiary/aromatic N) is 1. The third kappa shape index (κ3) is 3.40. The van der Waals surface area contributed by atoms with Crippen LogP contribution in [0.2, 0.25) is 0 Å². The summed E-state index contributed by atoms with van der Waals surface area (Å²) in [6.45, 7) is 2.05. The number of benzene rings is 2. The average molecular weight is 293 g/mol. The Labute approximate surface area is 133 Å². The second-order valence-corrected chi connectivity index (χ2v) is 5.84. The molecule has 0 atom stereocenters. The number of hydrogen-bond donors (Lipinski definition) is 0. The van der Waals surface area contributed by atoms with E-state index in [1.807, 2.05) is 13.2 Å². The van der Waals surface area contributed by atoms with Crippen molar-refractivity contribution in [1.29, 1.82) is 0 Å². The van der Waals surface area contributed by atoms with E-state index in [4.69, 9.17) is 4.74 Å². The molecule has 0 N–H and O–H groups in total. The van der Waals surface area contributed by atoms with Crippen molar-refractivity contribution >= 4 is 11.8 Å². The zero-order valence-electron chi connectivity index (χ0n) is 13.1. The van der Waals surface area contributed by atoms with Gasteiger partial charge in [0.2, 0.25) is 0 Å². The predicted octanol–water partition coefficient (Wildman–Crippen LogP) is 4.39. The smallest absolute Gasteiger partial charge is 0.0895 e. The van der Waals surface area contributed by atoms with E-state index in [-0.39, 0.29) is 5.60 Å². The van der Waals surface area contributed by atoms with Crippen LogP contribution in [0.1, 0.15) is 18.4 Å². The van der Waals surface area contributed by atoms with Gasteiger partial charge in [0.05, 0.1) is 5.60 Å². The average Bonchev–Trinajstić information content (AvgIpc) is 2.62. The Hall–Kier alpha value is -2.06. The van der Waals surface area contributed by atoms with Crippen molar-refractivity contribution in [2.45, 2.75) is 18.4 Å². The Kier molecular flexibility index (Phi) is 4.59. The predicted molar refractivity (Wildman–Crippen MR) is 93.1 cm³/mol. The number of anilines is 1. The van der Waals surface area contributed by atoms with Gasteiger partial charge in [-0.2, -0.15) is 0 Å². The third-order valence-corrected chi connectivity index (χ3v) is 4.52. The fraction of sp³-hybridized carbons (Fsp3) is 0.300. The number of rotatable bonds is 4. The maximum absolute atomic E-state index is 5.87. The van der Waals surface area contributed by atoms with Gasteiger partial charge in [-0.3, -0.25) is 0 Å². The topological polar surface area (TPSA) is 12.5 Å². The molecule has 0 radical (unpaired) electrons. The first-order chi connectivity index (χ1) is 10.8. The summed E-state index contributed by atoms with van der Waals surface area (Å²) in [6.07, 6.45) is 6.45. The van der Waals surface area contributed by atoms with E-state index in [0.717, 1.165) is 25.9 Å². The van der Waals surface area contributed by atoms with Crippen LogP contribution in [0, 0.1) is 0 Å². The van der Waals surface area contributed by atoms with Crippen molar-refractivity contribution in [3.05, 3.63) is 72.3 Å². The summed E-state index contributed by atoms with van der Waals surface area (Å²) in [5.41, 5.74) is 2.39. The molecule has 2 nitrogen and oxygen atoms in total. The van der Waals surface area contributed by atoms with Crippen LogP contribution in [0.5, 0.6) is 0 Å². The minimum absolute atomic E-state index is 0.138. The van der Waals surface area contributed by atoms with E-state index in [1.54, 1.807) is 0 Å². The standard InChI is InChI=1S/C20H23NO/c1-22-20(13-12-18-8-4-2-5-9-18)14-16-21(17-15-20)19-10-6-3-7-11-19/h2-13H,14-17H2,1H3/b13-12-. The maximum Gasteiger partial charge on any atom is 0.0895 e. The Morgan fingerprint density at radius 3 is 2.09 bits per heavy atom. The van der Waals surface area contributed by atoms with E-state index < -0.39 is 0 Å². The molecule has 1 aliphatic heterocycles. The van der Waals surface area contributed by atoms with Crippen LogP contribution in [0.4, 0.5) is 5.69 Å². The Morgan fingerprint density at radius 2 is 1.50 bits per heavy atom. The zero-order valence-corrected chi connectivity index (χ0v) is 13.1. The van der Waals surface area contributed by atoms with Crippen molar-refractivity contribution in [1.82, 2.24) is 0 Å². The molecule has 0 aromatic heterocycles. The van der Waals surface area contributed by atoms with Crippen LogP contribution in [0.15, 0.2) is 66.7 Å². The molecule has 0 unspecified atom stereocenters. The zero-order chi connectivity index (χ0) is 15.3. The molecule has 22 heavy (non-hydrogen) atoms. The first-order valence-electron chi connectivity index (χ1n) is 7.91. The molecular formula is C20H23NO. The molecule has 1 aliphatic rings. The molecule has 0 amide bonds. The Morgan fingerprint density at radius 1 is 0.909 bits per heavy atom. The lowest BCUT2D eigenvalue weighted by Gasteiger charge is -2.40.